The highest BCUT2D eigenvalue weighted by atomic mass is 19.4. The van der Waals surface area contributed by atoms with Gasteiger partial charge in [0.2, 0.25) is 5.91 Å². The Bertz CT molecular complexity index is 347. The number of alkyl halides is 3. The third-order valence-corrected chi connectivity index (χ3v) is 4.17. The van der Waals surface area contributed by atoms with Crippen LogP contribution in [0.5, 0.6) is 0 Å². The molecule has 2 heterocycles. The van der Waals surface area contributed by atoms with Crippen molar-refractivity contribution in [2.75, 3.05) is 32.8 Å². The van der Waals surface area contributed by atoms with Crippen LogP contribution in [0.25, 0.3) is 0 Å². The monoisotopic (exact) mass is 294 g/mol. The van der Waals surface area contributed by atoms with Crippen LogP contribution in [0.15, 0.2) is 0 Å². The van der Waals surface area contributed by atoms with Gasteiger partial charge < -0.3 is 10.0 Å². The number of likely N-dealkylation sites (tertiary alicyclic amines) is 2. The molecule has 1 N–H and O–H groups in total. The second-order valence-corrected chi connectivity index (χ2v) is 5.69. The van der Waals surface area contributed by atoms with Crippen molar-refractivity contribution < 1.29 is 23.1 Å². The molecule has 0 aliphatic carbocycles. The van der Waals surface area contributed by atoms with Crippen molar-refractivity contribution in [3.05, 3.63) is 0 Å². The predicted molar refractivity (Wildman–Crippen MR) is 67.0 cm³/mol. The number of hydrogen-bond acceptors (Lipinski definition) is 3. The van der Waals surface area contributed by atoms with Crippen molar-refractivity contribution in [3.8, 4) is 0 Å². The van der Waals surface area contributed by atoms with Crippen molar-refractivity contribution in [3.63, 3.8) is 0 Å². The number of piperidine rings is 1. The van der Waals surface area contributed by atoms with Crippen LogP contribution in [0, 0.1) is 5.92 Å². The molecule has 0 radical (unpaired) electrons. The third kappa shape index (κ3) is 3.85. The highest BCUT2D eigenvalue weighted by Gasteiger charge is 2.42. The van der Waals surface area contributed by atoms with E-state index in [1.807, 2.05) is 4.90 Å². The summed E-state index contributed by atoms with van der Waals surface area (Å²) in [6, 6.07) is -0.404. The lowest BCUT2D eigenvalue weighted by molar-refractivity contribution is -0.159. The zero-order valence-corrected chi connectivity index (χ0v) is 11.4. The van der Waals surface area contributed by atoms with Crippen LogP contribution in [0.2, 0.25) is 0 Å². The van der Waals surface area contributed by atoms with E-state index < -0.39 is 24.7 Å². The van der Waals surface area contributed by atoms with Crippen LogP contribution in [-0.2, 0) is 4.79 Å². The molecule has 0 aromatic carbocycles. The number of aliphatic hydroxyl groups is 1. The first-order chi connectivity index (χ1) is 9.40. The highest BCUT2D eigenvalue weighted by molar-refractivity contribution is 5.84. The number of amides is 1. The summed E-state index contributed by atoms with van der Waals surface area (Å²) in [5.41, 5.74) is 0. The molecule has 2 saturated heterocycles. The van der Waals surface area contributed by atoms with Crippen LogP contribution in [0.3, 0.4) is 0 Å². The van der Waals surface area contributed by atoms with Gasteiger partial charge in [-0.25, -0.2) is 0 Å². The Morgan fingerprint density at radius 1 is 1.25 bits per heavy atom. The average molecular weight is 294 g/mol. The number of halogens is 3. The van der Waals surface area contributed by atoms with E-state index >= 15 is 0 Å². The minimum Gasteiger partial charge on any atom is -0.396 e. The lowest BCUT2D eigenvalue weighted by Gasteiger charge is -2.35. The molecule has 2 atom stereocenters. The van der Waals surface area contributed by atoms with Crippen LogP contribution in [-0.4, -0.2) is 65.8 Å². The maximum absolute atomic E-state index is 12.4. The van der Waals surface area contributed by atoms with Gasteiger partial charge in [-0.15, -0.1) is 0 Å². The fourth-order valence-electron chi connectivity index (χ4n) is 3.23. The summed E-state index contributed by atoms with van der Waals surface area (Å²) in [4.78, 5) is 15.0. The lowest BCUT2D eigenvalue weighted by atomic mass is 9.94. The van der Waals surface area contributed by atoms with Gasteiger partial charge in [-0.05, 0) is 38.1 Å². The fraction of sp³-hybridized carbons (Fsp3) is 0.923. The van der Waals surface area contributed by atoms with Crippen LogP contribution in [0.4, 0.5) is 13.2 Å². The number of nitrogens with zero attached hydrogens (tertiary/aromatic N) is 2. The molecule has 2 rings (SSSR count). The highest BCUT2D eigenvalue weighted by Crippen LogP contribution is 2.27. The first-order valence-corrected chi connectivity index (χ1v) is 7.11. The maximum Gasteiger partial charge on any atom is 0.406 e. The molecular weight excluding hydrogens is 273 g/mol. The van der Waals surface area contributed by atoms with Gasteiger partial charge in [-0.1, -0.05) is 0 Å². The van der Waals surface area contributed by atoms with Gasteiger partial charge in [-0.2, -0.15) is 13.2 Å². The van der Waals surface area contributed by atoms with Gasteiger partial charge in [0.15, 0.2) is 0 Å². The molecule has 0 bridgehead atoms. The predicted octanol–water partition coefficient (Wildman–Crippen LogP) is 1.24. The average Bonchev–Trinajstić information content (AvgIpc) is 2.70. The number of carbonyl (C=O) groups is 1. The molecular formula is C13H21F3N2O2. The Morgan fingerprint density at radius 3 is 2.65 bits per heavy atom. The van der Waals surface area contributed by atoms with Crippen molar-refractivity contribution >= 4 is 5.91 Å². The Kier molecular flexibility index (Phi) is 4.90. The van der Waals surface area contributed by atoms with Gasteiger partial charge in [-0.3, -0.25) is 9.69 Å². The first kappa shape index (κ1) is 15.6. The van der Waals surface area contributed by atoms with E-state index in [9.17, 15) is 18.0 Å². The van der Waals surface area contributed by atoms with Crippen LogP contribution >= 0.6 is 0 Å². The molecule has 4 nitrogen and oxygen atoms in total. The largest absolute Gasteiger partial charge is 0.406 e. The van der Waals surface area contributed by atoms with E-state index in [-0.39, 0.29) is 13.2 Å². The summed E-state index contributed by atoms with van der Waals surface area (Å²) in [7, 11) is 0. The van der Waals surface area contributed by atoms with E-state index in [4.69, 9.17) is 5.11 Å². The molecule has 116 valence electrons. The number of hydrogen-bond donors (Lipinski definition) is 1. The van der Waals surface area contributed by atoms with Crippen molar-refractivity contribution in [2.45, 2.75) is 37.9 Å². The SMILES string of the molecule is O=C1C(N2CCCC(CCO)C2)CCN1CC(F)(F)F. The fourth-order valence-corrected chi connectivity index (χ4v) is 3.23. The van der Waals surface area contributed by atoms with Gasteiger partial charge in [0.05, 0.1) is 6.04 Å². The standard InChI is InChI=1S/C13H21F3N2O2/c14-13(15,16)9-18-6-3-11(12(18)20)17-5-1-2-10(8-17)4-7-19/h10-11,19H,1-9H2. The molecule has 0 aromatic rings. The Labute approximate surface area is 116 Å². The van der Waals surface area contributed by atoms with E-state index in [0.717, 1.165) is 24.3 Å². The molecule has 20 heavy (non-hydrogen) atoms. The summed E-state index contributed by atoms with van der Waals surface area (Å²) >= 11 is 0. The van der Waals surface area contributed by atoms with E-state index in [1.165, 1.54) is 0 Å². The molecule has 2 aliphatic heterocycles. The number of rotatable bonds is 4. The normalized spacial score (nSPS) is 29.2. The van der Waals surface area contributed by atoms with E-state index in [0.29, 0.717) is 25.3 Å². The van der Waals surface area contributed by atoms with Gasteiger partial charge >= 0.3 is 6.18 Å². The smallest absolute Gasteiger partial charge is 0.396 e. The molecule has 1 amide bonds. The number of carbonyl (C=O) groups excluding carboxylic acids is 1. The van der Waals surface area contributed by atoms with Crippen LogP contribution in [0.1, 0.15) is 25.7 Å². The molecule has 2 unspecified atom stereocenters. The summed E-state index contributed by atoms with van der Waals surface area (Å²) < 4.78 is 37.1. The summed E-state index contributed by atoms with van der Waals surface area (Å²) in [5, 5.41) is 8.97. The van der Waals surface area contributed by atoms with Crippen molar-refractivity contribution in [2.24, 2.45) is 5.92 Å². The molecule has 0 saturated carbocycles. The quantitative estimate of drug-likeness (QED) is 0.848. The lowest BCUT2D eigenvalue weighted by Crippen LogP contribution is -2.47. The van der Waals surface area contributed by atoms with Gasteiger partial charge in [0, 0.05) is 19.7 Å². The molecule has 0 spiro atoms. The van der Waals surface area contributed by atoms with Gasteiger partial charge in [0.1, 0.15) is 6.54 Å². The summed E-state index contributed by atoms with van der Waals surface area (Å²) in [5.74, 6) is -0.0508. The maximum atomic E-state index is 12.4. The Balaban J connectivity index is 1.91. The topological polar surface area (TPSA) is 43.8 Å². The Morgan fingerprint density at radius 2 is 2.00 bits per heavy atom. The minimum atomic E-state index is -4.33. The van der Waals surface area contributed by atoms with Crippen molar-refractivity contribution in [1.82, 2.24) is 9.80 Å². The second kappa shape index (κ2) is 6.30. The molecule has 0 aromatic heterocycles. The third-order valence-electron chi connectivity index (χ3n) is 4.17. The van der Waals surface area contributed by atoms with E-state index in [2.05, 4.69) is 0 Å². The second-order valence-electron chi connectivity index (χ2n) is 5.69. The van der Waals surface area contributed by atoms with Crippen LogP contribution < -0.4 is 0 Å². The van der Waals surface area contributed by atoms with Crippen molar-refractivity contribution in [1.29, 1.82) is 0 Å². The number of aliphatic hydroxyl groups excluding tert-OH is 1. The summed E-state index contributed by atoms with van der Waals surface area (Å²) in [6.45, 7) is 0.632. The molecule has 2 fully saturated rings. The summed E-state index contributed by atoms with van der Waals surface area (Å²) in [6.07, 6.45) is -1.20. The Hall–Kier alpha value is -0.820. The zero-order chi connectivity index (χ0) is 14.8. The molecule has 2 aliphatic rings. The minimum absolute atomic E-state index is 0.122. The van der Waals surface area contributed by atoms with Gasteiger partial charge in [0.25, 0.3) is 0 Å². The first-order valence-electron chi connectivity index (χ1n) is 7.11. The molecule has 7 heteroatoms. The van der Waals surface area contributed by atoms with E-state index in [1.54, 1.807) is 0 Å². The zero-order valence-electron chi connectivity index (χ0n) is 11.4.